The molecule has 2 rings (SSSR count). The number of hydrogen-bond acceptors (Lipinski definition) is 3. The minimum Gasteiger partial charge on any atom is -0.262 e. The third-order valence-corrected chi connectivity index (χ3v) is 3.00. The monoisotopic (exact) mass is 239 g/mol. The Labute approximate surface area is 97.3 Å². The van der Waals surface area contributed by atoms with Gasteiger partial charge in [0.2, 0.25) is 0 Å². The topological polar surface area (TPSA) is 41.6 Å². The van der Waals surface area contributed by atoms with Crippen LogP contribution in [0.2, 0.25) is 0 Å². The SMILES string of the molecule is CSc1ccc(-c2n[nH]c(CCl)n2)cc1. The van der Waals surface area contributed by atoms with Gasteiger partial charge >= 0.3 is 0 Å². The molecular weight excluding hydrogens is 230 g/mol. The van der Waals surface area contributed by atoms with Crippen LogP contribution < -0.4 is 0 Å². The summed E-state index contributed by atoms with van der Waals surface area (Å²) in [6, 6.07) is 8.12. The number of nitrogens with zero attached hydrogens (tertiary/aromatic N) is 2. The maximum Gasteiger partial charge on any atom is 0.181 e. The van der Waals surface area contributed by atoms with Crippen LogP contribution in [-0.2, 0) is 5.88 Å². The summed E-state index contributed by atoms with van der Waals surface area (Å²) in [4.78, 5) is 5.48. The van der Waals surface area contributed by atoms with Crippen molar-refractivity contribution < 1.29 is 0 Å². The number of benzene rings is 1. The molecule has 78 valence electrons. The van der Waals surface area contributed by atoms with Gasteiger partial charge in [-0.05, 0) is 18.4 Å². The van der Waals surface area contributed by atoms with Crippen LogP contribution in [0.5, 0.6) is 0 Å². The summed E-state index contributed by atoms with van der Waals surface area (Å²) in [5, 5.41) is 6.87. The lowest BCUT2D eigenvalue weighted by Crippen LogP contribution is -1.81. The molecule has 0 unspecified atom stereocenters. The van der Waals surface area contributed by atoms with Gasteiger partial charge in [0, 0.05) is 10.5 Å². The third-order valence-electron chi connectivity index (χ3n) is 2.01. The van der Waals surface area contributed by atoms with Gasteiger partial charge < -0.3 is 0 Å². The first kappa shape index (κ1) is 10.5. The molecule has 0 radical (unpaired) electrons. The van der Waals surface area contributed by atoms with E-state index in [9.17, 15) is 0 Å². The molecule has 0 aliphatic carbocycles. The molecule has 0 amide bonds. The first-order valence-electron chi connectivity index (χ1n) is 4.45. The highest BCUT2D eigenvalue weighted by molar-refractivity contribution is 7.98. The number of alkyl halides is 1. The molecule has 0 fully saturated rings. The Balaban J connectivity index is 2.28. The standard InChI is InChI=1S/C10H10ClN3S/c1-15-8-4-2-7(3-5-8)10-12-9(6-11)13-14-10/h2-5H,6H2,1H3,(H,12,13,14). The molecule has 3 nitrogen and oxygen atoms in total. The maximum absolute atomic E-state index is 5.64. The van der Waals surface area contributed by atoms with Gasteiger partial charge in [0.15, 0.2) is 5.82 Å². The molecule has 0 saturated carbocycles. The molecule has 0 spiro atoms. The Bertz CT molecular complexity index is 438. The highest BCUT2D eigenvalue weighted by Gasteiger charge is 2.04. The predicted molar refractivity (Wildman–Crippen MR) is 63.2 cm³/mol. The van der Waals surface area contributed by atoms with E-state index in [1.807, 2.05) is 18.4 Å². The molecule has 0 saturated heterocycles. The zero-order valence-electron chi connectivity index (χ0n) is 8.20. The number of H-pyrrole nitrogens is 1. The second-order valence-corrected chi connectivity index (χ2v) is 4.11. The summed E-state index contributed by atoms with van der Waals surface area (Å²) in [5.41, 5.74) is 1.00. The van der Waals surface area contributed by atoms with E-state index in [1.54, 1.807) is 11.8 Å². The molecule has 5 heteroatoms. The van der Waals surface area contributed by atoms with Crippen LogP contribution in [0.1, 0.15) is 5.82 Å². The van der Waals surface area contributed by atoms with E-state index in [1.165, 1.54) is 4.90 Å². The van der Waals surface area contributed by atoms with Gasteiger partial charge in [-0.3, -0.25) is 5.10 Å². The minimum absolute atomic E-state index is 0.357. The first-order chi connectivity index (χ1) is 7.33. The quantitative estimate of drug-likeness (QED) is 0.662. The molecule has 1 aromatic heterocycles. The summed E-state index contributed by atoms with van der Waals surface area (Å²) < 4.78 is 0. The number of nitrogens with one attached hydrogen (secondary N) is 1. The lowest BCUT2D eigenvalue weighted by molar-refractivity contribution is 1.02. The van der Waals surface area contributed by atoms with E-state index in [4.69, 9.17) is 11.6 Å². The Morgan fingerprint density at radius 3 is 2.60 bits per heavy atom. The van der Waals surface area contributed by atoms with Crippen molar-refractivity contribution in [1.29, 1.82) is 0 Å². The van der Waals surface area contributed by atoms with Crippen molar-refractivity contribution >= 4 is 23.4 Å². The van der Waals surface area contributed by atoms with E-state index in [2.05, 4.69) is 27.3 Å². The van der Waals surface area contributed by atoms with Crippen LogP contribution in [0.25, 0.3) is 11.4 Å². The Hall–Kier alpha value is -1.00. The molecule has 0 aliphatic heterocycles. The van der Waals surface area contributed by atoms with E-state index in [0.717, 1.165) is 5.56 Å². The number of aromatic nitrogens is 3. The number of aromatic amines is 1. The van der Waals surface area contributed by atoms with Gasteiger partial charge in [-0.2, -0.15) is 5.10 Å². The summed E-state index contributed by atoms with van der Waals surface area (Å²) in [5.74, 6) is 1.74. The summed E-state index contributed by atoms with van der Waals surface area (Å²) in [7, 11) is 0. The van der Waals surface area contributed by atoms with Crippen LogP contribution in [0.3, 0.4) is 0 Å². The van der Waals surface area contributed by atoms with Gasteiger partial charge in [-0.15, -0.1) is 23.4 Å². The molecule has 2 aromatic rings. The van der Waals surface area contributed by atoms with Gasteiger partial charge in [-0.1, -0.05) is 12.1 Å². The zero-order valence-corrected chi connectivity index (χ0v) is 9.77. The number of rotatable bonds is 3. The van der Waals surface area contributed by atoms with Crippen LogP contribution in [0.15, 0.2) is 29.2 Å². The van der Waals surface area contributed by atoms with Crippen LogP contribution in [-0.4, -0.2) is 21.4 Å². The highest BCUT2D eigenvalue weighted by atomic mass is 35.5. The molecule has 1 aromatic carbocycles. The van der Waals surface area contributed by atoms with Crippen molar-refractivity contribution in [2.24, 2.45) is 0 Å². The van der Waals surface area contributed by atoms with Crippen molar-refractivity contribution in [3.8, 4) is 11.4 Å². The summed E-state index contributed by atoms with van der Waals surface area (Å²) >= 11 is 7.35. The second kappa shape index (κ2) is 4.68. The molecule has 15 heavy (non-hydrogen) atoms. The number of thioether (sulfide) groups is 1. The molecule has 0 bridgehead atoms. The van der Waals surface area contributed by atoms with E-state index < -0.39 is 0 Å². The Kier molecular flexibility index (Phi) is 3.28. The van der Waals surface area contributed by atoms with Gasteiger partial charge in [0.05, 0.1) is 5.88 Å². The van der Waals surface area contributed by atoms with E-state index in [0.29, 0.717) is 17.5 Å². The molecule has 1 heterocycles. The fourth-order valence-electron chi connectivity index (χ4n) is 1.22. The van der Waals surface area contributed by atoms with Crippen molar-refractivity contribution in [1.82, 2.24) is 15.2 Å². The third kappa shape index (κ3) is 2.33. The Morgan fingerprint density at radius 2 is 2.07 bits per heavy atom. The van der Waals surface area contributed by atoms with Crippen LogP contribution >= 0.6 is 23.4 Å². The van der Waals surface area contributed by atoms with E-state index >= 15 is 0 Å². The summed E-state index contributed by atoms with van der Waals surface area (Å²) in [6.07, 6.45) is 2.05. The number of halogens is 1. The van der Waals surface area contributed by atoms with Gasteiger partial charge in [0.1, 0.15) is 5.82 Å². The van der Waals surface area contributed by atoms with Crippen molar-refractivity contribution in [3.63, 3.8) is 0 Å². The Morgan fingerprint density at radius 1 is 1.33 bits per heavy atom. The average molecular weight is 240 g/mol. The second-order valence-electron chi connectivity index (χ2n) is 2.97. The smallest absolute Gasteiger partial charge is 0.181 e. The van der Waals surface area contributed by atoms with Crippen LogP contribution in [0, 0.1) is 0 Å². The van der Waals surface area contributed by atoms with Crippen molar-refractivity contribution in [3.05, 3.63) is 30.1 Å². The van der Waals surface area contributed by atoms with Gasteiger partial charge in [-0.25, -0.2) is 4.98 Å². The zero-order chi connectivity index (χ0) is 10.7. The fraction of sp³-hybridized carbons (Fsp3) is 0.200. The van der Waals surface area contributed by atoms with Crippen LogP contribution in [0.4, 0.5) is 0 Å². The normalized spacial score (nSPS) is 10.5. The maximum atomic E-state index is 5.64. The lowest BCUT2D eigenvalue weighted by Gasteiger charge is -1.97. The molecule has 0 aliphatic rings. The highest BCUT2D eigenvalue weighted by Crippen LogP contribution is 2.20. The molecule has 0 atom stereocenters. The number of hydrogen-bond donors (Lipinski definition) is 1. The van der Waals surface area contributed by atoms with Crippen molar-refractivity contribution in [2.75, 3.05) is 6.26 Å². The minimum atomic E-state index is 0.357. The lowest BCUT2D eigenvalue weighted by atomic mass is 10.2. The fourth-order valence-corrected chi connectivity index (χ4v) is 1.75. The largest absolute Gasteiger partial charge is 0.262 e. The molecular formula is C10H10ClN3S. The summed E-state index contributed by atoms with van der Waals surface area (Å²) in [6.45, 7) is 0. The van der Waals surface area contributed by atoms with Gasteiger partial charge in [0.25, 0.3) is 0 Å². The van der Waals surface area contributed by atoms with Crippen molar-refractivity contribution in [2.45, 2.75) is 10.8 Å². The van der Waals surface area contributed by atoms with E-state index in [-0.39, 0.29) is 0 Å². The average Bonchev–Trinajstić information content (AvgIpc) is 2.78. The first-order valence-corrected chi connectivity index (χ1v) is 6.21. The molecule has 1 N–H and O–H groups in total. The predicted octanol–water partition coefficient (Wildman–Crippen LogP) is 2.93.